The zero-order chi connectivity index (χ0) is 24.1. The van der Waals surface area contributed by atoms with Crippen molar-refractivity contribution in [3.63, 3.8) is 0 Å². The molecule has 0 aliphatic rings. The van der Waals surface area contributed by atoms with E-state index < -0.39 is 12.1 Å². The van der Waals surface area contributed by atoms with Crippen molar-refractivity contribution in [3.05, 3.63) is 65.0 Å². The van der Waals surface area contributed by atoms with Gasteiger partial charge in [-0.3, -0.25) is 4.79 Å². The third-order valence-electron chi connectivity index (χ3n) is 5.27. The summed E-state index contributed by atoms with van der Waals surface area (Å²) in [4.78, 5) is 25.5. The van der Waals surface area contributed by atoms with E-state index in [-0.39, 0.29) is 29.0 Å². The summed E-state index contributed by atoms with van der Waals surface area (Å²) in [5.41, 5.74) is 3.34. The molecule has 0 aliphatic carbocycles. The molecule has 0 spiro atoms. The predicted octanol–water partition coefficient (Wildman–Crippen LogP) is 5.29. The van der Waals surface area contributed by atoms with Gasteiger partial charge in [0.1, 0.15) is 11.9 Å². The molecule has 2 aromatic carbocycles. The number of carbonyl (C=O) groups is 2. The summed E-state index contributed by atoms with van der Waals surface area (Å²) in [6.07, 6.45) is 0.258. The highest BCUT2D eigenvalue weighted by Gasteiger charge is 2.25. The first-order valence-corrected chi connectivity index (χ1v) is 11.1. The molecule has 2 aromatic rings. The Labute approximate surface area is 191 Å². The first-order chi connectivity index (χ1) is 14.8. The van der Waals surface area contributed by atoms with Gasteiger partial charge >= 0.3 is 6.03 Å². The van der Waals surface area contributed by atoms with E-state index in [1.807, 2.05) is 13.0 Å². The average Bonchev–Trinajstić information content (AvgIpc) is 2.67. The molecule has 5 nitrogen and oxygen atoms in total. The summed E-state index contributed by atoms with van der Waals surface area (Å²) in [6, 6.07) is 10.8. The number of rotatable bonds is 6. The second-order valence-electron chi connectivity index (χ2n) is 10.1. The van der Waals surface area contributed by atoms with E-state index in [2.05, 4.69) is 69.6 Å². The second kappa shape index (κ2) is 10.2. The first-order valence-electron chi connectivity index (χ1n) is 11.1. The van der Waals surface area contributed by atoms with Crippen LogP contribution >= 0.6 is 0 Å². The van der Waals surface area contributed by atoms with Crippen molar-refractivity contribution in [2.45, 2.75) is 71.8 Å². The number of halogens is 1. The molecule has 0 heterocycles. The largest absolute Gasteiger partial charge is 0.355 e. The van der Waals surface area contributed by atoms with Crippen molar-refractivity contribution < 1.29 is 14.0 Å². The Morgan fingerprint density at radius 2 is 1.56 bits per heavy atom. The molecule has 0 saturated heterocycles. The van der Waals surface area contributed by atoms with Crippen LogP contribution in [0.5, 0.6) is 0 Å². The number of carbonyl (C=O) groups excluding carboxylic acids is 2. The Kier molecular flexibility index (Phi) is 8.05. The molecule has 0 saturated carbocycles. The van der Waals surface area contributed by atoms with Gasteiger partial charge in [0.2, 0.25) is 5.91 Å². The highest BCUT2D eigenvalue weighted by molar-refractivity contribution is 5.94. The van der Waals surface area contributed by atoms with Crippen LogP contribution in [0.25, 0.3) is 0 Å². The van der Waals surface area contributed by atoms with Crippen LogP contribution in [0.15, 0.2) is 42.5 Å². The summed E-state index contributed by atoms with van der Waals surface area (Å²) < 4.78 is 13.2. The van der Waals surface area contributed by atoms with E-state index in [1.54, 1.807) is 12.1 Å². The van der Waals surface area contributed by atoms with Gasteiger partial charge in [0.25, 0.3) is 0 Å². The lowest BCUT2D eigenvalue weighted by molar-refractivity contribution is -0.122. The molecule has 0 radical (unpaired) electrons. The summed E-state index contributed by atoms with van der Waals surface area (Å²) >= 11 is 0. The van der Waals surface area contributed by atoms with Crippen molar-refractivity contribution in [2.75, 3.05) is 11.9 Å². The van der Waals surface area contributed by atoms with E-state index in [0.717, 1.165) is 22.4 Å². The Balaban J connectivity index is 2.28. The maximum Gasteiger partial charge on any atom is 0.319 e. The fourth-order valence-corrected chi connectivity index (χ4v) is 3.45. The van der Waals surface area contributed by atoms with Crippen LogP contribution in [-0.2, 0) is 22.0 Å². The second-order valence-corrected chi connectivity index (χ2v) is 10.1. The number of hydrogen-bond acceptors (Lipinski definition) is 2. The van der Waals surface area contributed by atoms with Gasteiger partial charge in [0.15, 0.2) is 0 Å². The fraction of sp³-hybridized carbons (Fsp3) is 0.462. The minimum Gasteiger partial charge on any atom is -0.355 e. The maximum atomic E-state index is 13.2. The molecule has 0 aliphatic heterocycles. The smallest absolute Gasteiger partial charge is 0.319 e. The predicted molar refractivity (Wildman–Crippen MR) is 129 cm³/mol. The molecule has 32 heavy (non-hydrogen) atoms. The molecule has 1 atom stereocenters. The van der Waals surface area contributed by atoms with Gasteiger partial charge in [-0.25, -0.2) is 9.18 Å². The van der Waals surface area contributed by atoms with E-state index in [1.165, 1.54) is 12.1 Å². The molecule has 3 N–H and O–H groups in total. The summed E-state index contributed by atoms with van der Waals surface area (Å²) in [7, 11) is 0. The number of urea groups is 1. The fourth-order valence-electron chi connectivity index (χ4n) is 3.45. The van der Waals surface area contributed by atoms with Crippen LogP contribution in [0.4, 0.5) is 14.9 Å². The molecule has 6 heteroatoms. The number of hydrogen-bond donors (Lipinski definition) is 3. The van der Waals surface area contributed by atoms with Crippen molar-refractivity contribution in [1.29, 1.82) is 0 Å². The van der Waals surface area contributed by atoms with Gasteiger partial charge in [-0.15, -0.1) is 0 Å². The third kappa shape index (κ3) is 7.08. The molecule has 0 bridgehead atoms. The zero-order valence-corrected chi connectivity index (χ0v) is 20.2. The lowest BCUT2D eigenvalue weighted by atomic mass is 9.81. The summed E-state index contributed by atoms with van der Waals surface area (Å²) in [5, 5.41) is 8.51. The molecule has 0 fully saturated rings. The molecule has 174 valence electrons. The average molecular weight is 442 g/mol. The van der Waals surface area contributed by atoms with Gasteiger partial charge in [0, 0.05) is 18.7 Å². The number of amides is 3. The monoisotopic (exact) mass is 441 g/mol. The highest BCUT2D eigenvalue weighted by Crippen LogP contribution is 2.33. The molecule has 2 rings (SSSR count). The Bertz CT molecular complexity index is 941. The number of nitrogens with one attached hydrogen (secondary N) is 3. The van der Waals surface area contributed by atoms with E-state index in [4.69, 9.17) is 0 Å². The van der Waals surface area contributed by atoms with Gasteiger partial charge in [-0.05, 0) is 52.6 Å². The maximum absolute atomic E-state index is 13.2. The van der Waals surface area contributed by atoms with Crippen LogP contribution in [0.3, 0.4) is 0 Å². The minimum atomic E-state index is -0.788. The van der Waals surface area contributed by atoms with Gasteiger partial charge in [0.05, 0.1) is 0 Å². The number of benzene rings is 2. The molecule has 0 unspecified atom stereocenters. The Hall–Kier alpha value is -2.89. The minimum absolute atomic E-state index is 0.0740. The van der Waals surface area contributed by atoms with Crippen LogP contribution in [0, 0.1) is 5.82 Å². The van der Waals surface area contributed by atoms with Crippen LogP contribution in [0.2, 0.25) is 0 Å². The van der Waals surface area contributed by atoms with E-state index in [9.17, 15) is 14.0 Å². The van der Waals surface area contributed by atoms with Crippen LogP contribution < -0.4 is 16.0 Å². The van der Waals surface area contributed by atoms with Crippen molar-refractivity contribution in [2.24, 2.45) is 0 Å². The van der Waals surface area contributed by atoms with Crippen molar-refractivity contribution >= 4 is 17.6 Å². The molecular weight excluding hydrogens is 405 g/mol. The quantitative estimate of drug-likeness (QED) is 0.570. The van der Waals surface area contributed by atoms with Crippen molar-refractivity contribution in [3.8, 4) is 0 Å². The number of anilines is 1. The van der Waals surface area contributed by atoms with Crippen LogP contribution in [-0.4, -0.2) is 24.5 Å². The highest BCUT2D eigenvalue weighted by atomic mass is 19.1. The summed E-state index contributed by atoms with van der Waals surface area (Å²) in [5.74, 6) is -0.631. The standard InChI is InChI=1S/C26H36FN3O2/c1-8-28-23(31)22(15-17-9-12-19(27)13-10-17)30-24(32)29-21-16-18(25(2,3)4)11-14-20(21)26(5,6)7/h9-14,16,22H,8,15H2,1-7H3,(H,28,31)(H2,29,30,32)/t22-/m1/s1. The van der Waals surface area contributed by atoms with Gasteiger partial charge in [-0.2, -0.15) is 0 Å². The third-order valence-corrected chi connectivity index (χ3v) is 5.27. The molecule has 0 aromatic heterocycles. The first kappa shape index (κ1) is 25.4. The number of likely N-dealkylation sites (N-methyl/N-ethyl adjacent to an activating group) is 1. The normalized spacial score (nSPS) is 12.8. The SMILES string of the molecule is CCNC(=O)[C@@H](Cc1ccc(F)cc1)NC(=O)Nc1cc(C(C)(C)C)ccc1C(C)(C)C. The topological polar surface area (TPSA) is 70.2 Å². The van der Waals surface area contributed by atoms with E-state index in [0.29, 0.717) is 6.54 Å². The molecule has 3 amide bonds. The summed E-state index contributed by atoms with van der Waals surface area (Å²) in [6.45, 7) is 14.9. The van der Waals surface area contributed by atoms with Gasteiger partial charge < -0.3 is 16.0 Å². The Morgan fingerprint density at radius 1 is 0.938 bits per heavy atom. The molecular formula is C26H36FN3O2. The Morgan fingerprint density at radius 3 is 2.09 bits per heavy atom. The lowest BCUT2D eigenvalue weighted by Gasteiger charge is -2.27. The van der Waals surface area contributed by atoms with Crippen molar-refractivity contribution in [1.82, 2.24) is 10.6 Å². The lowest BCUT2D eigenvalue weighted by Crippen LogP contribution is -2.49. The zero-order valence-electron chi connectivity index (χ0n) is 20.2. The van der Waals surface area contributed by atoms with Crippen LogP contribution in [0.1, 0.15) is 65.2 Å². The van der Waals surface area contributed by atoms with Gasteiger partial charge in [-0.1, -0.05) is 65.8 Å². The van der Waals surface area contributed by atoms with E-state index >= 15 is 0 Å².